The van der Waals surface area contributed by atoms with Crippen molar-refractivity contribution in [1.29, 1.82) is 0 Å². The zero-order valence-corrected chi connectivity index (χ0v) is 11.2. The first-order valence-corrected chi connectivity index (χ1v) is 6.42. The number of thiazole rings is 1. The van der Waals surface area contributed by atoms with Crippen LogP contribution in [0.25, 0.3) is 0 Å². The Morgan fingerprint density at radius 3 is 2.65 bits per heavy atom. The molecule has 1 aromatic carbocycles. The molecule has 17 heavy (non-hydrogen) atoms. The average Bonchev–Trinajstić information content (AvgIpc) is 2.62. The Hall–Kier alpha value is -1.55. The van der Waals surface area contributed by atoms with Crippen LogP contribution in [0.2, 0.25) is 0 Å². The summed E-state index contributed by atoms with van der Waals surface area (Å²) in [6.45, 7) is 4.90. The van der Waals surface area contributed by atoms with Crippen LogP contribution in [0.1, 0.15) is 16.3 Å². The van der Waals surface area contributed by atoms with E-state index < -0.39 is 0 Å². The summed E-state index contributed by atoms with van der Waals surface area (Å²) < 4.78 is 0. The van der Waals surface area contributed by atoms with Gasteiger partial charge in [0.1, 0.15) is 0 Å². The van der Waals surface area contributed by atoms with Gasteiger partial charge in [-0.3, -0.25) is 0 Å². The molecule has 90 valence electrons. The van der Waals surface area contributed by atoms with Crippen molar-refractivity contribution in [3.05, 3.63) is 39.8 Å². The summed E-state index contributed by atoms with van der Waals surface area (Å²) in [5.74, 6) is 0. The lowest BCUT2D eigenvalue weighted by molar-refractivity contribution is 0.890. The lowest BCUT2D eigenvalue weighted by Gasteiger charge is -2.19. The fourth-order valence-corrected chi connectivity index (χ4v) is 2.43. The summed E-state index contributed by atoms with van der Waals surface area (Å²) >= 11 is 1.69. The number of hydrogen-bond donors (Lipinski definition) is 1. The van der Waals surface area contributed by atoms with E-state index >= 15 is 0 Å². The highest BCUT2D eigenvalue weighted by molar-refractivity contribution is 7.09. The monoisotopic (exact) mass is 247 g/mol. The van der Waals surface area contributed by atoms with Crippen LogP contribution in [0.5, 0.6) is 0 Å². The molecular formula is C13H17N3S. The highest BCUT2D eigenvalue weighted by Gasteiger charge is 2.06. The molecule has 0 saturated heterocycles. The molecule has 0 aliphatic carbocycles. The molecule has 0 radical (unpaired) electrons. The van der Waals surface area contributed by atoms with E-state index in [-0.39, 0.29) is 0 Å². The summed E-state index contributed by atoms with van der Waals surface area (Å²) in [6, 6.07) is 6.10. The summed E-state index contributed by atoms with van der Waals surface area (Å²) in [5, 5.41) is 3.21. The summed E-state index contributed by atoms with van der Waals surface area (Å²) in [5.41, 5.74) is 10.1. The molecule has 0 fully saturated rings. The van der Waals surface area contributed by atoms with E-state index in [1.807, 2.05) is 19.1 Å². The fraction of sp³-hybridized carbons (Fsp3) is 0.308. The third-order valence-corrected chi connectivity index (χ3v) is 3.41. The van der Waals surface area contributed by atoms with Gasteiger partial charge in [0.15, 0.2) is 0 Å². The number of hydrogen-bond acceptors (Lipinski definition) is 4. The third kappa shape index (κ3) is 2.97. The molecule has 0 bridgehead atoms. The first-order chi connectivity index (χ1) is 8.04. The van der Waals surface area contributed by atoms with Crippen LogP contribution in [-0.4, -0.2) is 12.0 Å². The molecule has 0 saturated carbocycles. The Bertz CT molecular complexity index is 499. The van der Waals surface area contributed by atoms with Crippen molar-refractivity contribution >= 4 is 22.7 Å². The van der Waals surface area contributed by atoms with Crippen LogP contribution in [-0.2, 0) is 6.54 Å². The van der Waals surface area contributed by atoms with Gasteiger partial charge in [0.25, 0.3) is 0 Å². The lowest BCUT2D eigenvalue weighted by Crippen LogP contribution is -2.16. The number of aromatic nitrogens is 1. The SMILES string of the molecule is Cc1cc(N)cc(N(C)Cc2csc(C)n2)c1. The van der Waals surface area contributed by atoms with Crippen molar-refractivity contribution in [1.82, 2.24) is 4.98 Å². The van der Waals surface area contributed by atoms with Crippen LogP contribution in [0.3, 0.4) is 0 Å². The quantitative estimate of drug-likeness (QED) is 0.848. The number of nitrogen functional groups attached to an aromatic ring is 1. The Kier molecular flexibility index (Phi) is 3.33. The summed E-state index contributed by atoms with van der Waals surface area (Å²) in [7, 11) is 2.06. The normalized spacial score (nSPS) is 10.5. The van der Waals surface area contributed by atoms with Gasteiger partial charge in [0.2, 0.25) is 0 Å². The van der Waals surface area contributed by atoms with Crippen molar-refractivity contribution in [2.24, 2.45) is 0 Å². The van der Waals surface area contributed by atoms with Crippen molar-refractivity contribution < 1.29 is 0 Å². The van der Waals surface area contributed by atoms with Crippen LogP contribution in [0.15, 0.2) is 23.6 Å². The maximum absolute atomic E-state index is 5.85. The van der Waals surface area contributed by atoms with Crippen LogP contribution >= 0.6 is 11.3 Å². The van der Waals surface area contributed by atoms with E-state index in [1.165, 1.54) is 5.56 Å². The minimum atomic E-state index is 0.807. The molecule has 0 amide bonds. The first kappa shape index (κ1) is 11.9. The van der Waals surface area contributed by atoms with Gasteiger partial charge in [0, 0.05) is 23.8 Å². The van der Waals surface area contributed by atoms with Gasteiger partial charge in [-0.15, -0.1) is 11.3 Å². The molecule has 0 aliphatic rings. The van der Waals surface area contributed by atoms with E-state index in [0.717, 1.165) is 28.6 Å². The van der Waals surface area contributed by atoms with E-state index in [9.17, 15) is 0 Å². The molecule has 1 heterocycles. The minimum Gasteiger partial charge on any atom is -0.399 e. The molecule has 0 spiro atoms. The Morgan fingerprint density at radius 2 is 2.06 bits per heavy atom. The average molecular weight is 247 g/mol. The Labute approximate surface area is 106 Å². The van der Waals surface area contributed by atoms with E-state index in [0.29, 0.717) is 0 Å². The highest BCUT2D eigenvalue weighted by Crippen LogP contribution is 2.21. The summed E-state index contributed by atoms with van der Waals surface area (Å²) in [6.07, 6.45) is 0. The first-order valence-electron chi connectivity index (χ1n) is 5.54. The number of rotatable bonds is 3. The van der Waals surface area contributed by atoms with Gasteiger partial charge >= 0.3 is 0 Å². The molecule has 1 aromatic heterocycles. The van der Waals surface area contributed by atoms with Crippen molar-refractivity contribution in [2.75, 3.05) is 17.7 Å². The second-order valence-corrected chi connectivity index (χ2v) is 5.38. The molecule has 4 heteroatoms. The number of aryl methyl sites for hydroxylation is 2. The van der Waals surface area contributed by atoms with E-state index in [2.05, 4.69) is 35.3 Å². The zero-order valence-electron chi connectivity index (χ0n) is 10.4. The number of nitrogens with zero attached hydrogens (tertiary/aromatic N) is 2. The van der Waals surface area contributed by atoms with Gasteiger partial charge in [-0.1, -0.05) is 0 Å². The fourth-order valence-electron chi connectivity index (χ4n) is 1.83. The largest absolute Gasteiger partial charge is 0.399 e. The maximum Gasteiger partial charge on any atom is 0.0898 e. The molecule has 2 aromatic rings. The molecule has 2 rings (SSSR count). The molecule has 0 aliphatic heterocycles. The van der Waals surface area contributed by atoms with Gasteiger partial charge in [-0.25, -0.2) is 4.98 Å². The smallest absolute Gasteiger partial charge is 0.0898 e. The standard InChI is InChI=1S/C13H17N3S/c1-9-4-11(14)6-13(5-9)16(3)7-12-8-17-10(2)15-12/h4-6,8H,7,14H2,1-3H3. The Morgan fingerprint density at radius 1 is 1.29 bits per heavy atom. The lowest BCUT2D eigenvalue weighted by atomic mass is 10.2. The van der Waals surface area contributed by atoms with Crippen molar-refractivity contribution in [2.45, 2.75) is 20.4 Å². The maximum atomic E-state index is 5.85. The van der Waals surface area contributed by atoms with E-state index in [1.54, 1.807) is 11.3 Å². The third-order valence-electron chi connectivity index (χ3n) is 2.59. The van der Waals surface area contributed by atoms with Crippen molar-refractivity contribution in [3.8, 4) is 0 Å². The van der Waals surface area contributed by atoms with Gasteiger partial charge in [-0.2, -0.15) is 0 Å². The number of anilines is 2. The second-order valence-electron chi connectivity index (χ2n) is 4.32. The second kappa shape index (κ2) is 4.75. The van der Waals surface area contributed by atoms with Gasteiger partial charge in [-0.05, 0) is 37.6 Å². The van der Waals surface area contributed by atoms with Crippen LogP contribution in [0.4, 0.5) is 11.4 Å². The topological polar surface area (TPSA) is 42.1 Å². The summed E-state index contributed by atoms with van der Waals surface area (Å²) in [4.78, 5) is 6.63. The zero-order chi connectivity index (χ0) is 12.4. The number of benzene rings is 1. The van der Waals surface area contributed by atoms with Gasteiger partial charge < -0.3 is 10.6 Å². The molecule has 3 nitrogen and oxygen atoms in total. The Balaban J connectivity index is 2.16. The van der Waals surface area contributed by atoms with Crippen molar-refractivity contribution in [3.63, 3.8) is 0 Å². The molecular weight excluding hydrogens is 230 g/mol. The van der Waals surface area contributed by atoms with Gasteiger partial charge in [0.05, 0.1) is 17.2 Å². The highest BCUT2D eigenvalue weighted by atomic mass is 32.1. The van der Waals surface area contributed by atoms with Crippen LogP contribution < -0.4 is 10.6 Å². The van der Waals surface area contributed by atoms with Crippen LogP contribution in [0, 0.1) is 13.8 Å². The number of nitrogens with two attached hydrogens (primary N) is 1. The molecule has 2 N–H and O–H groups in total. The predicted molar refractivity (Wildman–Crippen MR) is 74.5 cm³/mol. The molecule has 0 atom stereocenters. The predicted octanol–water partition coefficient (Wildman–Crippen LogP) is 2.98. The molecule has 0 unspecified atom stereocenters. The minimum absolute atomic E-state index is 0.807. The van der Waals surface area contributed by atoms with E-state index in [4.69, 9.17) is 5.73 Å².